The molecular weight excluding hydrogens is 314 g/mol. The fourth-order valence-electron chi connectivity index (χ4n) is 1.93. The van der Waals surface area contributed by atoms with E-state index in [1.54, 1.807) is 48.6 Å². The van der Waals surface area contributed by atoms with Gasteiger partial charge >= 0.3 is 0 Å². The van der Waals surface area contributed by atoms with Gasteiger partial charge in [0.05, 0.1) is 0 Å². The third kappa shape index (κ3) is 3.95. The van der Waals surface area contributed by atoms with Crippen molar-refractivity contribution in [3.8, 4) is 5.75 Å². The lowest BCUT2D eigenvalue weighted by Gasteiger charge is -2.05. The molecular formula is C16H15N3O3S. The second kappa shape index (κ2) is 6.62. The van der Waals surface area contributed by atoms with Gasteiger partial charge in [-0.1, -0.05) is 5.16 Å². The number of aromatic nitrogens is 2. The molecule has 118 valence electrons. The van der Waals surface area contributed by atoms with Gasteiger partial charge in [-0.25, -0.2) is 4.98 Å². The maximum atomic E-state index is 12.1. The largest absolute Gasteiger partial charge is 0.486 e. The van der Waals surface area contributed by atoms with Crippen LogP contribution in [0.2, 0.25) is 0 Å². The Hall–Kier alpha value is -2.67. The summed E-state index contributed by atoms with van der Waals surface area (Å²) in [6.07, 6.45) is 0. The smallest absolute Gasteiger partial charge is 0.256 e. The van der Waals surface area contributed by atoms with Crippen LogP contribution < -0.4 is 10.1 Å². The van der Waals surface area contributed by atoms with E-state index in [-0.39, 0.29) is 5.91 Å². The molecule has 3 aromatic rings. The third-order valence-corrected chi connectivity index (χ3v) is 3.96. The van der Waals surface area contributed by atoms with Crippen molar-refractivity contribution in [2.45, 2.75) is 20.5 Å². The Kier molecular flexibility index (Phi) is 4.38. The molecule has 2 aromatic heterocycles. The second-order valence-electron chi connectivity index (χ2n) is 4.97. The Bertz CT molecular complexity index is 808. The van der Waals surface area contributed by atoms with Gasteiger partial charge in [0.2, 0.25) is 0 Å². The van der Waals surface area contributed by atoms with Crippen LogP contribution >= 0.6 is 11.3 Å². The van der Waals surface area contributed by atoms with Crippen LogP contribution in [0.4, 0.5) is 5.82 Å². The van der Waals surface area contributed by atoms with Crippen molar-refractivity contribution in [2.75, 3.05) is 5.32 Å². The second-order valence-corrected chi connectivity index (χ2v) is 5.92. The lowest BCUT2D eigenvalue weighted by Crippen LogP contribution is -2.11. The van der Waals surface area contributed by atoms with Crippen molar-refractivity contribution < 1.29 is 14.1 Å². The summed E-state index contributed by atoms with van der Waals surface area (Å²) in [5.74, 6) is 1.47. The fraction of sp³-hybridized carbons (Fsp3) is 0.188. The highest BCUT2D eigenvalue weighted by Gasteiger charge is 2.09. The van der Waals surface area contributed by atoms with Gasteiger partial charge in [-0.05, 0) is 38.1 Å². The minimum absolute atomic E-state index is 0.250. The third-order valence-electron chi connectivity index (χ3n) is 3.01. The molecule has 0 radical (unpaired) electrons. The molecule has 0 saturated heterocycles. The van der Waals surface area contributed by atoms with Gasteiger partial charge in [0.25, 0.3) is 5.91 Å². The summed E-state index contributed by atoms with van der Waals surface area (Å²) >= 11 is 1.56. The number of amides is 1. The zero-order chi connectivity index (χ0) is 16.2. The van der Waals surface area contributed by atoms with E-state index >= 15 is 0 Å². The number of nitrogens with one attached hydrogen (secondary N) is 1. The molecule has 0 saturated carbocycles. The van der Waals surface area contributed by atoms with E-state index in [1.807, 2.05) is 12.3 Å². The molecule has 0 aliphatic rings. The summed E-state index contributed by atoms with van der Waals surface area (Å²) < 4.78 is 10.6. The molecule has 0 unspecified atom stereocenters. The van der Waals surface area contributed by atoms with Crippen LogP contribution in [-0.4, -0.2) is 16.0 Å². The molecule has 3 rings (SSSR count). The monoisotopic (exact) mass is 329 g/mol. The molecule has 7 heteroatoms. The number of hydrogen-bond acceptors (Lipinski definition) is 6. The molecule has 0 aliphatic carbocycles. The Labute approximate surface area is 137 Å². The molecule has 2 heterocycles. The Balaban J connectivity index is 1.58. The number of aryl methyl sites for hydroxylation is 2. The first kappa shape index (κ1) is 15.2. The predicted molar refractivity (Wildman–Crippen MR) is 86.8 cm³/mol. The van der Waals surface area contributed by atoms with E-state index in [1.165, 1.54) is 0 Å². The topological polar surface area (TPSA) is 77.2 Å². The molecule has 0 bridgehead atoms. The summed E-state index contributed by atoms with van der Waals surface area (Å²) in [6.45, 7) is 4.13. The van der Waals surface area contributed by atoms with Gasteiger partial charge in [0.15, 0.2) is 5.82 Å². The van der Waals surface area contributed by atoms with Crippen LogP contribution in [0.1, 0.15) is 26.8 Å². The maximum absolute atomic E-state index is 12.1. The average molecular weight is 329 g/mol. The fourth-order valence-corrected chi connectivity index (χ4v) is 2.61. The Morgan fingerprint density at radius 2 is 2.09 bits per heavy atom. The van der Waals surface area contributed by atoms with E-state index in [4.69, 9.17) is 9.26 Å². The van der Waals surface area contributed by atoms with Gasteiger partial charge in [-0.15, -0.1) is 11.3 Å². The minimum atomic E-state index is -0.250. The normalized spacial score (nSPS) is 10.5. The van der Waals surface area contributed by atoms with Crippen molar-refractivity contribution >= 4 is 23.1 Å². The molecule has 23 heavy (non-hydrogen) atoms. The molecule has 0 spiro atoms. The number of thiazole rings is 1. The quantitative estimate of drug-likeness (QED) is 0.774. The summed E-state index contributed by atoms with van der Waals surface area (Å²) in [6, 6.07) is 8.56. The Morgan fingerprint density at radius 1 is 1.30 bits per heavy atom. The number of carbonyl (C=O) groups excluding carboxylic acids is 1. The van der Waals surface area contributed by atoms with E-state index < -0.39 is 0 Å². The van der Waals surface area contributed by atoms with E-state index in [9.17, 15) is 4.79 Å². The highest BCUT2D eigenvalue weighted by Crippen LogP contribution is 2.17. The van der Waals surface area contributed by atoms with E-state index in [2.05, 4.69) is 15.5 Å². The molecule has 1 N–H and O–H groups in total. The first-order valence-corrected chi connectivity index (χ1v) is 7.86. The number of benzene rings is 1. The van der Waals surface area contributed by atoms with Crippen LogP contribution in [0.15, 0.2) is 40.2 Å². The zero-order valence-corrected chi connectivity index (χ0v) is 13.5. The molecule has 0 aliphatic heterocycles. The molecule has 0 atom stereocenters. The van der Waals surface area contributed by atoms with Gasteiger partial charge in [-0.2, -0.15) is 0 Å². The minimum Gasteiger partial charge on any atom is -0.486 e. The summed E-state index contributed by atoms with van der Waals surface area (Å²) in [5, 5.41) is 9.30. The summed E-state index contributed by atoms with van der Waals surface area (Å²) in [5.41, 5.74) is 1.51. The number of hydrogen-bond donors (Lipinski definition) is 1. The van der Waals surface area contributed by atoms with Crippen molar-refractivity contribution in [1.29, 1.82) is 0 Å². The molecule has 1 amide bonds. The first-order chi connectivity index (χ1) is 11.1. The average Bonchev–Trinajstić information content (AvgIpc) is 3.14. The van der Waals surface area contributed by atoms with Crippen molar-refractivity contribution in [3.63, 3.8) is 0 Å². The lowest BCUT2D eigenvalue weighted by molar-refractivity contribution is 0.102. The van der Waals surface area contributed by atoms with Crippen LogP contribution in [0, 0.1) is 13.8 Å². The first-order valence-electron chi connectivity index (χ1n) is 6.99. The maximum Gasteiger partial charge on any atom is 0.256 e. The molecule has 1 aromatic carbocycles. The van der Waals surface area contributed by atoms with Crippen molar-refractivity contribution in [2.24, 2.45) is 0 Å². The SMILES string of the molecule is Cc1csc(COc2ccc(C(=O)Nc3cc(C)on3)cc2)n1. The van der Waals surface area contributed by atoms with Crippen molar-refractivity contribution in [1.82, 2.24) is 10.1 Å². The summed E-state index contributed by atoms with van der Waals surface area (Å²) in [7, 11) is 0. The standard InChI is InChI=1S/C16H15N3O3S/c1-10-9-23-15(17-10)8-21-13-5-3-12(4-6-13)16(20)18-14-7-11(2)22-19-14/h3-7,9H,8H2,1-2H3,(H,18,19,20). The van der Waals surface area contributed by atoms with Crippen LogP contribution in [0.5, 0.6) is 5.75 Å². The van der Waals surface area contributed by atoms with Crippen molar-refractivity contribution in [3.05, 3.63) is 57.7 Å². The van der Waals surface area contributed by atoms with E-state index in [0.29, 0.717) is 29.5 Å². The van der Waals surface area contributed by atoms with E-state index in [0.717, 1.165) is 10.7 Å². The predicted octanol–water partition coefficient (Wildman–Crippen LogP) is 3.58. The van der Waals surface area contributed by atoms with Gasteiger partial charge < -0.3 is 14.6 Å². The lowest BCUT2D eigenvalue weighted by atomic mass is 10.2. The number of ether oxygens (including phenoxy) is 1. The zero-order valence-electron chi connectivity index (χ0n) is 12.7. The molecule has 0 fully saturated rings. The number of rotatable bonds is 5. The Morgan fingerprint density at radius 3 is 2.70 bits per heavy atom. The summed E-state index contributed by atoms with van der Waals surface area (Å²) in [4.78, 5) is 16.4. The van der Waals surface area contributed by atoms with Gasteiger partial charge in [-0.3, -0.25) is 4.79 Å². The van der Waals surface area contributed by atoms with Crippen LogP contribution in [-0.2, 0) is 6.61 Å². The number of anilines is 1. The highest BCUT2D eigenvalue weighted by molar-refractivity contribution is 7.09. The highest BCUT2D eigenvalue weighted by atomic mass is 32.1. The number of carbonyl (C=O) groups is 1. The van der Waals surface area contributed by atoms with Gasteiger partial charge in [0.1, 0.15) is 23.1 Å². The number of nitrogens with zero attached hydrogens (tertiary/aromatic N) is 2. The molecule has 6 nitrogen and oxygen atoms in total. The van der Waals surface area contributed by atoms with Crippen LogP contribution in [0.25, 0.3) is 0 Å². The van der Waals surface area contributed by atoms with Gasteiger partial charge in [0, 0.05) is 22.7 Å². The van der Waals surface area contributed by atoms with Crippen LogP contribution in [0.3, 0.4) is 0 Å².